The zero-order valence-electron chi connectivity index (χ0n) is 14.6. The van der Waals surface area contributed by atoms with E-state index in [0.717, 1.165) is 31.1 Å². The lowest BCUT2D eigenvalue weighted by molar-refractivity contribution is 0.0992. The molecule has 2 bridgehead atoms. The van der Waals surface area contributed by atoms with Crippen molar-refractivity contribution >= 4 is 29.9 Å². The van der Waals surface area contributed by atoms with Gasteiger partial charge >= 0.3 is 0 Å². The maximum absolute atomic E-state index is 5.89. The number of fused-ring (bicyclic) bond motifs is 2. The van der Waals surface area contributed by atoms with Crippen LogP contribution in [-0.2, 0) is 4.74 Å². The third-order valence-corrected chi connectivity index (χ3v) is 4.90. The fraction of sp³-hybridized carbons (Fsp3) is 0.611. The van der Waals surface area contributed by atoms with Crippen LogP contribution in [0.15, 0.2) is 29.3 Å². The molecule has 24 heavy (non-hydrogen) atoms. The molecule has 3 rings (SSSR count). The molecule has 0 amide bonds. The molecule has 0 radical (unpaired) electrons. The Kier molecular flexibility index (Phi) is 7.16. The van der Waals surface area contributed by atoms with Crippen molar-refractivity contribution < 1.29 is 9.47 Å². The van der Waals surface area contributed by atoms with Crippen LogP contribution in [0.1, 0.15) is 37.7 Å². The summed E-state index contributed by atoms with van der Waals surface area (Å²) in [6.07, 6.45) is 4.26. The van der Waals surface area contributed by atoms with Crippen LogP contribution in [-0.4, -0.2) is 44.9 Å². The van der Waals surface area contributed by atoms with Crippen LogP contribution in [0, 0.1) is 0 Å². The molecule has 0 spiro atoms. The molecule has 2 saturated heterocycles. The maximum Gasteiger partial charge on any atom is 0.191 e. The zero-order chi connectivity index (χ0) is 16.2. The van der Waals surface area contributed by atoms with Crippen LogP contribution in [0.4, 0.5) is 0 Å². The fourth-order valence-electron chi connectivity index (χ4n) is 3.59. The average molecular weight is 445 g/mol. The first-order valence-corrected chi connectivity index (χ1v) is 8.46. The maximum atomic E-state index is 5.89. The molecule has 0 saturated carbocycles. The van der Waals surface area contributed by atoms with E-state index in [0.29, 0.717) is 24.2 Å². The van der Waals surface area contributed by atoms with Gasteiger partial charge in [0.1, 0.15) is 5.75 Å². The SMILES string of the molecule is CN=C(NCC(C)c1ccccc1OC)NC1CC2CCC1O2.I. The van der Waals surface area contributed by atoms with Crippen LogP contribution in [0.25, 0.3) is 0 Å². The van der Waals surface area contributed by atoms with Crippen LogP contribution in [0.3, 0.4) is 0 Å². The minimum atomic E-state index is 0. The number of para-hydroxylation sites is 1. The number of aliphatic imine (C=N–C) groups is 1. The van der Waals surface area contributed by atoms with Crippen molar-refractivity contribution in [3.05, 3.63) is 29.8 Å². The van der Waals surface area contributed by atoms with Gasteiger partial charge in [0.25, 0.3) is 0 Å². The molecule has 134 valence electrons. The van der Waals surface area contributed by atoms with Crippen molar-refractivity contribution in [1.82, 2.24) is 10.6 Å². The van der Waals surface area contributed by atoms with E-state index in [4.69, 9.17) is 9.47 Å². The number of hydrogen-bond acceptors (Lipinski definition) is 3. The molecular formula is C18H28IN3O2. The monoisotopic (exact) mass is 445 g/mol. The number of guanidine groups is 1. The number of ether oxygens (including phenoxy) is 2. The Labute approximate surface area is 161 Å². The molecule has 2 aliphatic rings. The molecule has 4 atom stereocenters. The number of hydrogen-bond donors (Lipinski definition) is 2. The molecule has 0 aliphatic carbocycles. The Balaban J connectivity index is 0.00000208. The Morgan fingerprint density at radius 1 is 1.38 bits per heavy atom. The second-order valence-electron chi connectivity index (χ2n) is 6.46. The minimum absolute atomic E-state index is 0. The summed E-state index contributed by atoms with van der Waals surface area (Å²) >= 11 is 0. The Morgan fingerprint density at radius 2 is 2.17 bits per heavy atom. The van der Waals surface area contributed by atoms with Crippen molar-refractivity contribution in [2.45, 2.75) is 50.4 Å². The van der Waals surface area contributed by atoms with E-state index in [9.17, 15) is 0 Å². The molecule has 1 aromatic rings. The van der Waals surface area contributed by atoms with Gasteiger partial charge in [-0.3, -0.25) is 4.99 Å². The summed E-state index contributed by atoms with van der Waals surface area (Å²) in [5.74, 6) is 2.13. The van der Waals surface area contributed by atoms with Crippen LogP contribution in [0.2, 0.25) is 0 Å². The molecule has 2 fully saturated rings. The second-order valence-corrected chi connectivity index (χ2v) is 6.46. The Hall–Kier alpha value is -1.02. The summed E-state index contributed by atoms with van der Waals surface area (Å²) in [5.41, 5.74) is 1.21. The van der Waals surface area contributed by atoms with Gasteiger partial charge in [-0.05, 0) is 30.9 Å². The van der Waals surface area contributed by atoms with Crippen molar-refractivity contribution in [1.29, 1.82) is 0 Å². The summed E-state index contributed by atoms with van der Waals surface area (Å²) in [4.78, 5) is 4.35. The lowest BCUT2D eigenvalue weighted by Gasteiger charge is -2.24. The van der Waals surface area contributed by atoms with Gasteiger partial charge in [-0.1, -0.05) is 25.1 Å². The molecule has 4 unspecified atom stereocenters. The number of nitrogens with one attached hydrogen (secondary N) is 2. The van der Waals surface area contributed by atoms with Crippen molar-refractivity contribution in [3.8, 4) is 5.75 Å². The van der Waals surface area contributed by atoms with Gasteiger partial charge in [0.05, 0.1) is 25.4 Å². The Morgan fingerprint density at radius 3 is 2.79 bits per heavy atom. The third-order valence-electron chi connectivity index (χ3n) is 4.90. The summed E-state index contributed by atoms with van der Waals surface area (Å²) in [7, 11) is 3.53. The summed E-state index contributed by atoms with van der Waals surface area (Å²) in [5, 5.41) is 6.95. The van der Waals surface area contributed by atoms with Gasteiger partial charge in [-0.15, -0.1) is 24.0 Å². The highest BCUT2D eigenvalue weighted by atomic mass is 127. The molecule has 1 aromatic carbocycles. The summed E-state index contributed by atoms with van der Waals surface area (Å²) < 4.78 is 11.3. The highest BCUT2D eigenvalue weighted by Gasteiger charge is 2.41. The predicted molar refractivity (Wildman–Crippen MR) is 108 cm³/mol. The van der Waals surface area contributed by atoms with Gasteiger partial charge in [0.15, 0.2) is 5.96 Å². The summed E-state index contributed by atoms with van der Waals surface area (Å²) in [6.45, 7) is 3.00. The Bertz CT molecular complexity index is 567. The standard InChI is InChI=1S/C18H27N3O2.HI/c1-12(14-6-4-5-7-16(14)22-3)11-20-18(19-2)21-15-10-13-8-9-17(15)23-13;/h4-7,12-13,15,17H,8-11H2,1-3H3,(H2,19,20,21);1H. The van der Waals surface area contributed by atoms with Crippen molar-refractivity contribution in [3.63, 3.8) is 0 Å². The first-order valence-electron chi connectivity index (χ1n) is 8.46. The molecule has 0 aromatic heterocycles. The topological polar surface area (TPSA) is 54.9 Å². The van der Waals surface area contributed by atoms with E-state index in [-0.39, 0.29) is 24.0 Å². The van der Waals surface area contributed by atoms with Crippen LogP contribution < -0.4 is 15.4 Å². The normalized spacial score (nSPS) is 26.6. The van der Waals surface area contributed by atoms with Crippen molar-refractivity contribution in [2.75, 3.05) is 20.7 Å². The molecule has 6 heteroatoms. The smallest absolute Gasteiger partial charge is 0.191 e. The predicted octanol–water partition coefficient (Wildman–Crippen LogP) is 2.90. The first kappa shape index (κ1) is 19.3. The lowest BCUT2D eigenvalue weighted by atomic mass is 9.95. The minimum Gasteiger partial charge on any atom is -0.496 e. The quantitative estimate of drug-likeness (QED) is 0.416. The molecule has 2 aliphatic heterocycles. The van der Waals surface area contributed by atoms with Gasteiger partial charge in [0, 0.05) is 19.5 Å². The van der Waals surface area contributed by atoms with E-state index in [1.807, 2.05) is 25.2 Å². The van der Waals surface area contributed by atoms with E-state index in [2.05, 4.69) is 28.6 Å². The fourth-order valence-corrected chi connectivity index (χ4v) is 3.59. The number of halogens is 1. The first-order chi connectivity index (χ1) is 11.2. The van der Waals surface area contributed by atoms with Crippen LogP contribution in [0.5, 0.6) is 5.75 Å². The van der Waals surface area contributed by atoms with E-state index in [1.54, 1.807) is 7.11 Å². The van der Waals surface area contributed by atoms with Crippen molar-refractivity contribution in [2.24, 2.45) is 4.99 Å². The molecule has 5 nitrogen and oxygen atoms in total. The zero-order valence-corrected chi connectivity index (χ0v) is 16.9. The molecule has 2 heterocycles. The molecule has 2 N–H and O–H groups in total. The van der Waals surface area contributed by atoms with E-state index >= 15 is 0 Å². The van der Waals surface area contributed by atoms with Crippen LogP contribution >= 0.6 is 24.0 Å². The van der Waals surface area contributed by atoms with E-state index < -0.39 is 0 Å². The third kappa shape index (κ3) is 4.33. The van der Waals surface area contributed by atoms with Gasteiger partial charge in [-0.25, -0.2) is 0 Å². The molecular weight excluding hydrogens is 417 g/mol. The summed E-state index contributed by atoms with van der Waals surface area (Å²) in [6, 6.07) is 8.56. The number of nitrogens with zero attached hydrogens (tertiary/aromatic N) is 1. The van der Waals surface area contributed by atoms with Gasteiger partial charge < -0.3 is 20.1 Å². The highest BCUT2D eigenvalue weighted by molar-refractivity contribution is 14.0. The van der Waals surface area contributed by atoms with Gasteiger partial charge in [0.2, 0.25) is 0 Å². The largest absolute Gasteiger partial charge is 0.496 e. The average Bonchev–Trinajstić information content (AvgIpc) is 3.21. The van der Waals surface area contributed by atoms with E-state index in [1.165, 1.54) is 12.0 Å². The number of benzene rings is 1. The number of methoxy groups -OCH3 is 1. The van der Waals surface area contributed by atoms with Gasteiger partial charge in [-0.2, -0.15) is 0 Å². The number of rotatable bonds is 5. The second kappa shape index (κ2) is 8.89. The highest BCUT2D eigenvalue weighted by Crippen LogP contribution is 2.34. The lowest BCUT2D eigenvalue weighted by Crippen LogP contribution is -2.48.